The Bertz CT molecular complexity index is 610. The standard InChI is InChI=1S/C16H19N3O/c1-12-9-13(7-8-18-12)16(20)19(2)11-15-6-4-3-5-14(15)10-17/h3-9H,10-11,17H2,1-2H3. The molecule has 1 aromatic carbocycles. The van der Waals surface area contributed by atoms with E-state index in [-0.39, 0.29) is 5.91 Å². The molecular formula is C16H19N3O. The second-order valence-corrected chi connectivity index (χ2v) is 4.82. The van der Waals surface area contributed by atoms with Crippen molar-refractivity contribution in [1.82, 2.24) is 9.88 Å². The van der Waals surface area contributed by atoms with Crippen LogP contribution >= 0.6 is 0 Å². The molecule has 2 N–H and O–H groups in total. The Kier molecular flexibility index (Phi) is 4.48. The minimum atomic E-state index is -0.0117. The molecule has 4 nitrogen and oxygen atoms in total. The number of hydrogen-bond acceptors (Lipinski definition) is 3. The number of rotatable bonds is 4. The van der Waals surface area contributed by atoms with Gasteiger partial charge in [-0.05, 0) is 30.2 Å². The van der Waals surface area contributed by atoms with Crippen LogP contribution in [0.4, 0.5) is 0 Å². The van der Waals surface area contributed by atoms with Gasteiger partial charge in [0.2, 0.25) is 0 Å². The lowest BCUT2D eigenvalue weighted by Gasteiger charge is -2.19. The number of carbonyl (C=O) groups excluding carboxylic acids is 1. The van der Waals surface area contributed by atoms with Gasteiger partial charge in [0.25, 0.3) is 5.91 Å². The molecule has 0 radical (unpaired) electrons. The fourth-order valence-electron chi connectivity index (χ4n) is 2.14. The summed E-state index contributed by atoms with van der Waals surface area (Å²) in [6, 6.07) is 11.4. The van der Waals surface area contributed by atoms with Crippen LogP contribution in [0.2, 0.25) is 0 Å². The van der Waals surface area contributed by atoms with Gasteiger partial charge in [0, 0.05) is 37.6 Å². The first-order valence-corrected chi connectivity index (χ1v) is 6.57. The van der Waals surface area contributed by atoms with E-state index in [0.29, 0.717) is 18.7 Å². The summed E-state index contributed by atoms with van der Waals surface area (Å²) in [4.78, 5) is 18.2. The summed E-state index contributed by atoms with van der Waals surface area (Å²) in [5.41, 5.74) is 9.37. The van der Waals surface area contributed by atoms with Crippen molar-refractivity contribution in [3.63, 3.8) is 0 Å². The highest BCUT2D eigenvalue weighted by Crippen LogP contribution is 2.12. The third-order valence-corrected chi connectivity index (χ3v) is 3.24. The van der Waals surface area contributed by atoms with Crippen molar-refractivity contribution in [2.24, 2.45) is 5.73 Å². The van der Waals surface area contributed by atoms with Gasteiger partial charge in [-0.3, -0.25) is 9.78 Å². The number of carbonyl (C=O) groups is 1. The molecule has 104 valence electrons. The molecule has 4 heteroatoms. The van der Waals surface area contributed by atoms with Crippen molar-refractivity contribution in [3.8, 4) is 0 Å². The maximum absolute atomic E-state index is 12.4. The van der Waals surface area contributed by atoms with E-state index in [1.54, 1.807) is 30.3 Å². The van der Waals surface area contributed by atoms with E-state index < -0.39 is 0 Å². The predicted octanol–water partition coefficient (Wildman–Crippen LogP) is 2.12. The van der Waals surface area contributed by atoms with Gasteiger partial charge in [-0.15, -0.1) is 0 Å². The van der Waals surface area contributed by atoms with Gasteiger partial charge in [0.15, 0.2) is 0 Å². The maximum atomic E-state index is 12.4. The number of amides is 1. The molecule has 0 atom stereocenters. The lowest BCUT2D eigenvalue weighted by molar-refractivity contribution is 0.0784. The van der Waals surface area contributed by atoms with E-state index in [9.17, 15) is 4.79 Å². The van der Waals surface area contributed by atoms with Gasteiger partial charge >= 0.3 is 0 Å². The van der Waals surface area contributed by atoms with Gasteiger partial charge in [-0.1, -0.05) is 24.3 Å². The number of nitrogens with zero attached hydrogens (tertiary/aromatic N) is 2. The Labute approximate surface area is 119 Å². The van der Waals surface area contributed by atoms with E-state index in [2.05, 4.69) is 4.98 Å². The van der Waals surface area contributed by atoms with Crippen LogP contribution in [0.25, 0.3) is 0 Å². The average Bonchev–Trinajstić information content (AvgIpc) is 2.47. The van der Waals surface area contributed by atoms with Crippen LogP contribution in [0.3, 0.4) is 0 Å². The van der Waals surface area contributed by atoms with E-state index in [1.807, 2.05) is 31.2 Å². The quantitative estimate of drug-likeness (QED) is 0.925. The number of pyridine rings is 1. The number of nitrogens with two attached hydrogens (primary N) is 1. The average molecular weight is 269 g/mol. The highest BCUT2D eigenvalue weighted by atomic mass is 16.2. The first-order chi connectivity index (χ1) is 9.61. The van der Waals surface area contributed by atoms with Crippen LogP contribution in [0.5, 0.6) is 0 Å². The zero-order valence-electron chi connectivity index (χ0n) is 11.8. The normalized spacial score (nSPS) is 10.3. The predicted molar refractivity (Wildman–Crippen MR) is 79.1 cm³/mol. The topological polar surface area (TPSA) is 59.2 Å². The minimum absolute atomic E-state index is 0.0117. The molecule has 2 aromatic rings. The van der Waals surface area contributed by atoms with Gasteiger partial charge in [-0.2, -0.15) is 0 Å². The molecule has 0 fully saturated rings. The second kappa shape index (κ2) is 6.30. The van der Waals surface area contributed by atoms with Crippen molar-refractivity contribution in [1.29, 1.82) is 0 Å². The Morgan fingerprint density at radius 3 is 2.60 bits per heavy atom. The maximum Gasteiger partial charge on any atom is 0.254 e. The van der Waals surface area contributed by atoms with E-state index >= 15 is 0 Å². The monoisotopic (exact) mass is 269 g/mol. The molecule has 0 aliphatic rings. The summed E-state index contributed by atoms with van der Waals surface area (Å²) in [7, 11) is 1.80. The van der Waals surface area contributed by atoms with Gasteiger partial charge in [-0.25, -0.2) is 0 Å². The van der Waals surface area contributed by atoms with E-state index in [0.717, 1.165) is 16.8 Å². The molecule has 0 aliphatic heterocycles. The van der Waals surface area contributed by atoms with Gasteiger partial charge < -0.3 is 10.6 Å². The fraction of sp³-hybridized carbons (Fsp3) is 0.250. The van der Waals surface area contributed by atoms with Crippen molar-refractivity contribution in [2.45, 2.75) is 20.0 Å². The number of aromatic nitrogens is 1. The van der Waals surface area contributed by atoms with E-state index in [1.165, 1.54) is 0 Å². The summed E-state index contributed by atoms with van der Waals surface area (Å²) in [6.07, 6.45) is 1.66. The minimum Gasteiger partial charge on any atom is -0.337 e. The number of benzene rings is 1. The Morgan fingerprint density at radius 2 is 1.95 bits per heavy atom. The third-order valence-electron chi connectivity index (χ3n) is 3.24. The van der Waals surface area contributed by atoms with Crippen LogP contribution in [0.15, 0.2) is 42.6 Å². The molecule has 1 aromatic heterocycles. The highest BCUT2D eigenvalue weighted by Gasteiger charge is 2.13. The molecule has 1 amide bonds. The zero-order chi connectivity index (χ0) is 14.5. The first-order valence-electron chi connectivity index (χ1n) is 6.57. The third kappa shape index (κ3) is 3.22. The fourth-order valence-corrected chi connectivity index (χ4v) is 2.14. The number of aryl methyl sites for hydroxylation is 1. The van der Waals surface area contributed by atoms with Crippen LogP contribution < -0.4 is 5.73 Å². The molecule has 0 aliphatic carbocycles. The second-order valence-electron chi connectivity index (χ2n) is 4.82. The van der Waals surface area contributed by atoms with Crippen LogP contribution in [-0.2, 0) is 13.1 Å². The Morgan fingerprint density at radius 1 is 1.25 bits per heavy atom. The summed E-state index contributed by atoms with van der Waals surface area (Å²) in [5.74, 6) is -0.0117. The summed E-state index contributed by atoms with van der Waals surface area (Å²) in [5, 5.41) is 0. The summed E-state index contributed by atoms with van der Waals surface area (Å²) in [6.45, 7) is 2.90. The van der Waals surface area contributed by atoms with Crippen molar-refractivity contribution in [2.75, 3.05) is 7.05 Å². The van der Waals surface area contributed by atoms with Crippen LogP contribution in [0.1, 0.15) is 27.2 Å². The lowest BCUT2D eigenvalue weighted by atomic mass is 10.1. The summed E-state index contributed by atoms with van der Waals surface area (Å²) < 4.78 is 0. The Hall–Kier alpha value is -2.20. The smallest absolute Gasteiger partial charge is 0.254 e. The van der Waals surface area contributed by atoms with Gasteiger partial charge in [0.1, 0.15) is 0 Å². The van der Waals surface area contributed by atoms with E-state index in [4.69, 9.17) is 5.73 Å². The molecule has 0 unspecified atom stereocenters. The molecule has 0 bridgehead atoms. The van der Waals surface area contributed by atoms with Crippen LogP contribution in [-0.4, -0.2) is 22.8 Å². The highest BCUT2D eigenvalue weighted by molar-refractivity contribution is 5.94. The SMILES string of the molecule is Cc1cc(C(=O)N(C)Cc2ccccc2CN)ccn1. The van der Waals surface area contributed by atoms with Crippen LogP contribution in [0, 0.1) is 6.92 Å². The zero-order valence-corrected chi connectivity index (χ0v) is 11.8. The lowest BCUT2D eigenvalue weighted by Crippen LogP contribution is -2.27. The first kappa shape index (κ1) is 14.2. The van der Waals surface area contributed by atoms with Gasteiger partial charge in [0.05, 0.1) is 0 Å². The van der Waals surface area contributed by atoms with Crippen molar-refractivity contribution >= 4 is 5.91 Å². The molecule has 1 heterocycles. The molecular weight excluding hydrogens is 250 g/mol. The summed E-state index contributed by atoms with van der Waals surface area (Å²) >= 11 is 0. The largest absolute Gasteiger partial charge is 0.337 e. The molecule has 20 heavy (non-hydrogen) atoms. The number of hydrogen-bond donors (Lipinski definition) is 1. The molecule has 0 spiro atoms. The van der Waals surface area contributed by atoms with Crippen molar-refractivity contribution in [3.05, 3.63) is 65.0 Å². The molecule has 0 saturated carbocycles. The Balaban J connectivity index is 2.15. The molecule has 2 rings (SSSR count). The van der Waals surface area contributed by atoms with Crippen molar-refractivity contribution < 1.29 is 4.79 Å². The molecule has 0 saturated heterocycles.